The standard InChI is InChI=1S/C16H37N3O6/c1-15(2,5-6-23-17)22-13-14(12-20-7-9-24-18)11-16(3,4)21-8-10-25-19/h14H,5-13,17-19H2,1-4H3. The van der Waals surface area contributed by atoms with Gasteiger partial charge in [-0.05, 0) is 34.1 Å². The van der Waals surface area contributed by atoms with Crippen molar-refractivity contribution in [1.82, 2.24) is 0 Å². The predicted octanol–water partition coefficient (Wildman–Crippen LogP) is 0.661. The van der Waals surface area contributed by atoms with Crippen LogP contribution in [-0.4, -0.2) is 57.5 Å². The van der Waals surface area contributed by atoms with Gasteiger partial charge in [0.1, 0.15) is 0 Å². The van der Waals surface area contributed by atoms with Crippen LogP contribution in [0.5, 0.6) is 0 Å². The number of rotatable bonds is 17. The van der Waals surface area contributed by atoms with Crippen molar-refractivity contribution >= 4 is 0 Å². The Hall–Kier alpha value is -0.360. The molecule has 9 heteroatoms. The van der Waals surface area contributed by atoms with Gasteiger partial charge in [0.25, 0.3) is 0 Å². The summed E-state index contributed by atoms with van der Waals surface area (Å²) >= 11 is 0. The maximum atomic E-state index is 6.05. The first-order valence-electron chi connectivity index (χ1n) is 8.57. The van der Waals surface area contributed by atoms with E-state index in [-0.39, 0.29) is 17.1 Å². The highest BCUT2D eigenvalue weighted by molar-refractivity contribution is 4.76. The van der Waals surface area contributed by atoms with E-state index in [1.807, 2.05) is 27.7 Å². The van der Waals surface area contributed by atoms with Gasteiger partial charge in [-0.15, -0.1) is 0 Å². The van der Waals surface area contributed by atoms with E-state index in [1.165, 1.54) is 0 Å². The van der Waals surface area contributed by atoms with Gasteiger partial charge in [-0.25, -0.2) is 17.7 Å². The second-order valence-electron chi connectivity index (χ2n) is 7.19. The topological polar surface area (TPSA) is 133 Å². The minimum absolute atomic E-state index is 0.143. The lowest BCUT2D eigenvalue weighted by atomic mass is 9.94. The zero-order chi connectivity index (χ0) is 19.2. The summed E-state index contributed by atoms with van der Waals surface area (Å²) in [5.41, 5.74) is -0.693. The maximum absolute atomic E-state index is 6.05. The minimum Gasteiger partial charge on any atom is -0.379 e. The van der Waals surface area contributed by atoms with Gasteiger partial charge in [-0.2, -0.15) is 0 Å². The van der Waals surface area contributed by atoms with Crippen LogP contribution in [0, 0.1) is 5.92 Å². The second kappa shape index (κ2) is 13.8. The van der Waals surface area contributed by atoms with Crippen molar-refractivity contribution in [2.45, 2.75) is 51.7 Å². The number of hydrogen-bond donors (Lipinski definition) is 3. The third-order valence-electron chi connectivity index (χ3n) is 3.71. The van der Waals surface area contributed by atoms with Gasteiger partial charge < -0.3 is 28.7 Å². The Bertz CT molecular complexity index is 318. The van der Waals surface area contributed by atoms with Crippen LogP contribution < -0.4 is 17.7 Å². The Morgan fingerprint density at radius 2 is 1.28 bits per heavy atom. The van der Waals surface area contributed by atoms with Crippen LogP contribution in [0.15, 0.2) is 0 Å². The van der Waals surface area contributed by atoms with E-state index in [0.29, 0.717) is 52.7 Å². The second-order valence-corrected chi connectivity index (χ2v) is 7.19. The van der Waals surface area contributed by atoms with E-state index in [1.54, 1.807) is 0 Å². The summed E-state index contributed by atoms with van der Waals surface area (Å²) in [5.74, 6) is 15.3. The zero-order valence-corrected chi connectivity index (χ0v) is 16.1. The lowest BCUT2D eigenvalue weighted by molar-refractivity contribution is -0.0988. The smallest absolute Gasteiger partial charge is 0.0913 e. The highest BCUT2D eigenvalue weighted by Crippen LogP contribution is 2.24. The molecule has 0 rings (SSSR count). The molecule has 9 nitrogen and oxygen atoms in total. The van der Waals surface area contributed by atoms with Crippen LogP contribution in [0.3, 0.4) is 0 Å². The molecule has 0 amide bonds. The molecule has 0 aliphatic rings. The fraction of sp³-hybridized carbons (Fsp3) is 1.00. The largest absolute Gasteiger partial charge is 0.379 e. The molecule has 25 heavy (non-hydrogen) atoms. The molecule has 0 fully saturated rings. The van der Waals surface area contributed by atoms with Crippen molar-refractivity contribution < 1.29 is 28.7 Å². The van der Waals surface area contributed by atoms with Crippen LogP contribution in [0.25, 0.3) is 0 Å². The summed E-state index contributed by atoms with van der Waals surface area (Å²) in [6, 6.07) is 0. The fourth-order valence-electron chi connectivity index (χ4n) is 2.36. The van der Waals surface area contributed by atoms with Gasteiger partial charge >= 0.3 is 0 Å². The molecular formula is C16H37N3O6. The van der Waals surface area contributed by atoms with Crippen molar-refractivity contribution in [3.63, 3.8) is 0 Å². The molecule has 152 valence electrons. The summed E-state index contributed by atoms with van der Waals surface area (Å²) in [7, 11) is 0. The van der Waals surface area contributed by atoms with Crippen molar-refractivity contribution in [3.8, 4) is 0 Å². The summed E-state index contributed by atoms with van der Waals surface area (Å²) in [5, 5.41) is 0. The molecule has 0 aromatic carbocycles. The Balaban J connectivity index is 4.52. The quantitative estimate of drug-likeness (QED) is 0.250. The van der Waals surface area contributed by atoms with Gasteiger partial charge in [0.15, 0.2) is 0 Å². The SMILES string of the molecule is CC(C)(CCON)OCC(COCCON)CC(C)(C)OCCON. The molecular weight excluding hydrogens is 330 g/mol. The van der Waals surface area contributed by atoms with Crippen LogP contribution >= 0.6 is 0 Å². The highest BCUT2D eigenvalue weighted by Gasteiger charge is 2.27. The molecule has 1 unspecified atom stereocenters. The van der Waals surface area contributed by atoms with Crippen LogP contribution in [0.1, 0.15) is 40.5 Å². The number of ether oxygens (including phenoxy) is 3. The van der Waals surface area contributed by atoms with E-state index in [0.717, 1.165) is 6.42 Å². The Kier molecular flexibility index (Phi) is 13.6. The van der Waals surface area contributed by atoms with E-state index < -0.39 is 0 Å². The van der Waals surface area contributed by atoms with Crippen molar-refractivity contribution in [2.24, 2.45) is 23.6 Å². The number of nitrogens with two attached hydrogens (primary N) is 3. The predicted molar refractivity (Wildman–Crippen MR) is 94.0 cm³/mol. The zero-order valence-electron chi connectivity index (χ0n) is 16.1. The Labute approximate surface area is 151 Å². The lowest BCUT2D eigenvalue weighted by Crippen LogP contribution is -2.36. The van der Waals surface area contributed by atoms with E-state index in [9.17, 15) is 0 Å². The minimum atomic E-state index is -0.356. The molecule has 0 aromatic heterocycles. The van der Waals surface area contributed by atoms with Gasteiger partial charge in [0.2, 0.25) is 0 Å². The van der Waals surface area contributed by atoms with Crippen LogP contribution in [0.4, 0.5) is 0 Å². The van der Waals surface area contributed by atoms with Gasteiger partial charge in [-0.3, -0.25) is 0 Å². The summed E-state index contributed by atoms with van der Waals surface area (Å²) in [4.78, 5) is 13.7. The first-order valence-corrected chi connectivity index (χ1v) is 8.57. The Morgan fingerprint density at radius 1 is 0.680 bits per heavy atom. The first kappa shape index (κ1) is 24.6. The summed E-state index contributed by atoms with van der Waals surface area (Å²) in [6.07, 6.45) is 1.45. The monoisotopic (exact) mass is 367 g/mol. The van der Waals surface area contributed by atoms with Crippen LogP contribution in [-0.2, 0) is 28.7 Å². The molecule has 0 aliphatic carbocycles. The highest BCUT2D eigenvalue weighted by atomic mass is 16.6. The van der Waals surface area contributed by atoms with E-state index in [4.69, 9.17) is 31.9 Å². The van der Waals surface area contributed by atoms with Gasteiger partial charge in [0.05, 0.1) is 57.5 Å². The number of hydrogen-bond acceptors (Lipinski definition) is 9. The lowest BCUT2D eigenvalue weighted by Gasteiger charge is -2.32. The van der Waals surface area contributed by atoms with Gasteiger partial charge in [-0.1, -0.05) is 0 Å². The van der Waals surface area contributed by atoms with E-state index in [2.05, 4.69) is 14.5 Å². The molecule has 0 aromatic rings. The van der Waals surface area contributed by atoms with Crippen molar-refractivity contribution in [3.05, 3.63) is 0 Å². The Morgan fingerprint density at radius 3 is 1.88 bits per heavy atom. The van der Waals surface area contributed by atoms with Crippen molar-refractivity contribution in [2.75, 3.05) is 46.2 Å². The van der Waals surface area contributed by atoms with E-state index >= 15 is 0 Å². The molecule has 0 heterocycles. The van der Waals surface area contributed by atoms with Crippen LogP contribution in [0.2, 0.25) is 0 Å². The molecule has 0 radical (unpaired) electrons. The molecule has 0 saturated carbocycles. The molecule has 1 atom stereocenters. The first-order chi connectivity index (χ1) is 11.8. The molecule has 6 N–H and O–H groups in total. The molecule has 0 bridgehead atoms. The summed E-state index contributed by atoms with van der Waals surface area (Å²) < 4.78 is 17.5. The third-order valence-corrected chi connectivity index (χ3v) is 3.71. The average molecular weight is 367 g/mol. The van der Waals surface area contributed by atoms with Gasteiger partial charge in [0, 0.05) is 12.3 Å². The molecule has 0 aliphatic heterocycles. The average Bonchev–Trinajstić information content (AvgIpc) is 2.54. The van der Waals surface area contributed by atoms with Crippen molar-refractivity contribution in [1.29, 1.82) is 0 Å². The summed E-state index contributed by atoms with van der Waals surface area (Å²) in [6.45, 7) is 11.1. The molecule has 0 spiro atoms. The molecule has 0 saturated heterocycles. The normalized spacial score (nSPS) is 14.0. The third kappa shape index (κ3) is 14.5. The fourth-order valence-corrected chi connectivity index (χ4v) is 2.36. The maximum Gasteiger partial charge on any atom is 0.0913 e.